The highest BCUT2D eigenvalue weighted by Crippen LogP contribution is 2.31. The van der Waals surface area contributed by atoms with Gasteiger partial charge in [0.2, 0.25) is 0 Å². The summed E-state index contributed by atoms with van der Waals surface area (Å²) in [6, 6.07) is 5.08. The lowest BCUT2D eigenvalue weighted by Gasteiger charge is -2.37. The summed E-state index contributed by atoms with van der Waals surface area (Å²) in [6.45, 7) is 6.59. The molecule has 3 saturated heterocycles. The SMILES string of the molecule is CCCN1CCC2(CC1)NC(=O)N(CC1CCN(C(=O)c3ccccn3)CC1)C2=O. The standard InChI is InChI=1S/C22H31N5O3/c1-2-11-25-14-8-22(9-15-25)20(29)27(21(30)24-22)16-17-6-12-26(13-7-17)19(28)18-5-3-4-10-23-18/h3-5,10,17H,2,6-9,11-16H2,1H3,(H,24,30). The first-order valence-electron chi connectivity index (χ1n) is 11.1. The maximum Gasteiger partial charge on any atom is 0.325 e. The van der Waals surface area contributed by atoms with E-state index in [1.54, 1.807) is 18.3 Å². The maximum atomic E-state index is 13.1. The van der Waals surface area contributed by atoms with E-state index in [9.17, 15) is 14.4 Å². The lowest BCUT2D eigenvalue weighted by Crippen LogP contribution is -2.55. The number of hydrogen-bond acceptors (Lipinski definition) is 5. The van der Waals surface area contributed by atoms with E-state index >= 15 is 0 Å². The van der Waals surface area contributed by atoms with Gasteiger partial charge >= 0.3 is 6.03 Å². The molecule has 30 heavy (non-hydrogen) atoms. The Bertz CT molecular complexity index is 783. The lowest BCUT2D eigenvalue weighted by molar-refractivity contribution is -0.133. The molecule has 0 aliphatic carbocycles. The summed E-state index contributed by atoms with van der Waals surface area (Å²) in [5, 5.41) is 3.01. The Hall–Kier alpha value is -2.48. The largest absolute Gasteiger partial charge is 0.337 e. The molecule has 1 aromatic rings. The van der Waals surface area contributed by atoms with E-state index in [2.05, 4.69) is 22.1 Å². The predicted molar refractivity (Wildman–Crippen MR) is 112 cm³/mol. The molecule has 0 bridgehead atoms. The molecule has 1 spiro atoms. The first-order valence-corrected chi connectivity index (χ1v) is 11.1. The van der Waals surface area contributed by atoms with E-state index in [1.165, 1.54) is 4.90 Å². The molecule has 3 aliphatic rings. The first kappa shape index (κ1) is 20.8. The normalized spacial score (nSPS) is 22.6. The van der Waals surface area contributed by atoms with Crippen LogP contribution in [-0.4, -0.2) is 82.3 Å². The minimum atomic E-state index is -0.711. The third-order valence-electron chi connectivity index (χ3n) is 6.72. The first-order chi connectivity index (χ1) is 14.5. The van der Waals surface area contributed by atoms with Crippen molar-refractivity contribution in [2.45, 2.75) is 44.6 Å². The molecule has 3 fully saturated rings. The Labute approximate surface area is 177 Å². The number of hydrogen-bond donors (Lipinski definition) is 1. The third kappa shape index (κ3) is 4.05. The Kier molecular flexibility index (Phi) is 6.04. The van der Waals surface area contributed by atoms with Crippen molar-refractivity contribution in [3.8, 4) is 0 Å². The van der Waals surface area contributed by atoms with Crippen molar-refractivity contribution in [3.63, 3.8) is 0 Å². The molecule has 162 valence electrons. The highest BCUT2D eigenvalue weighted by molar-refractivity contribution is 6.07. The van der Waals surface area contributed by atoms with Crippen molar-refractivity contribution >= 4 is 17.8 Å². The average Bonchev–Trinajstić information content (AvgIpc) is 3.00. The number of amides is 4. The summed E-state index contributed by atoms with van der Waals surface area (Å²) < 4.78 is 0. The van der Waals surface area contributed by atoms with Gasteiger partial charge in [-0.15, -0.1) is 0 Å². The molecule has 4 amide bonds. The van der Waals surface area contributed by atoms with Gasteiger partial charge in [0.15, 0.2) is 0 Å². The van der Waals surface area contributed by atoms with Gasteiger partial charge in [-0.1, -0.05) is 13.0 Å². The zero-order chi connectivity index (χ0) is 21.1. The number of carbonyl (C=O) groups is 3. The fourth-order valence-electron chi connectivity index (χ4n) is 4.88. The molecule has 0 aromatic carbocycles. The second kappa shape index (κ2) is 8.71. The van der Waals surface area contributed by atoms with E-state index in [1.807, 2.05) is 11.0 Å². The van der Waals surface area contributed by atoms with Crippen molar-refractivity contribution in [1.29, 1.82) is 0 Å². The van der Waals surface area contributed by atoms with Crippen molar-refractivity contribution in [1.82, 2.24) is 25.0 Å². The maximum absolute atomic E-state index is 13.1. The van der Waals surface area contributed by atoms with Gasteiger partial charge < -0.3 is 15.1 Å². The molecule has 0 atom stereocenters. The molecule has 8 nitrogen and oxygen atoms in total. The van der Waals surface area contributed by atoms with Crippen LogP contribution in [0.3, 0.4) is 0 Å². The summed E-state index contributed by atoms with van der Waals surface area (Å²) in [7, 11) is 0. The zero-order valence-electron chi connectivity index (χ0n) is 17.7. The van der Waals surface area contributed by atoms with Gasteiger partial charge in [-0.3, -0.25) is 19.5 Å². The summed E-state index contributed by atoms with van der Waals surface area (Å²) in [6.07, 6.45) is 5.66. The van der Waals surface area contributed by atoms with E-state index in [-0.39, 0.29) is 23.8 Å². The van der Waals surface area contributed by atoms with Crippen LogP contribution in [0.15, 0.2) is 24.4 Å². The molecule has 0 saturated carbocycles. The number of aromatic nitrogens is 1. The van der Waals surface area contributed by atoms with Crippen molar-refractivity contribution in [3.05, 3.63) is 30.1 Å². The number of urea groups is 1. The van der Waals surface area contributed by atoms with Crippen LogP contribution < -0.4 is 5.32 Å². The van der Waals surface area contributed by atoms with Gasteiger partial charge in [-0.25, -0.2) is 4.79 Å². The molecule has 0 unspecified atom stereocenters. The number of nitrogens with zero attached hydrogens (tertiary/aromatic N) is 4. The van der Waals surface area contributed by atoms with Crippen LogP contribution in [0.2, 0.25) is 0 Å². The van der Waals surface area contributed by atoms with Gasteiger partial charge in [0, 0.05) is 38.9 Å². The molecular formula is C22H31N5O3. The monoisotopic (exact) mass is 413 g/mol. The Morgan fingerprint density at radius 1 is 1.17 bits per heavy atom. The number of nitrogens with one attached hydrogen (secondary N) is 1. The number of likely N-dealkylation sites (tertiary alicyclic amines) is 2. The molecule has 4 rings (SSSR count). The number of pyridine rings is 1. The van der Waals surface area contributed by atoms with Crippen LogP contribution in [-0.2, 0) is 4.79 Å². The second-order valence-electron chi connectivity index (χ2n) is 8.72. The fourth-order valence-corrected chi connectivity index (χ4v) is 4.88. The highest BCUT2D eigenvalue weighted by Gasteiger charge is 2.52. The smallest absolute Gasteiger partial charge is 0.325 e. The van der Waals surface area contributed by atoms with Crippen LogP contribution in [0.5, 0.6) is 0 Å². The van der Waals surface area contributed by atoms with Gasteiger partial charge in [0.1, 0.15) is 11.2 Å². The molecule has 4 heterocycles. The van der Waals surface area contributed by atoms with Crippen molar-refractivity contribution < 1.29 is 14.4 Å². The highest BCUT2D eigenvalue weighted by atomic mass is 16.2. The number of carbonyl (C=O) groups excluding carboxylic acids is 3. The van der Waals surface area contributed by atoms with Crippen LogP contribution >= 0.6 is 0 Å². The van der Waals surface area contributed by atoms with Gasteiger partial charge in [-0.05, 0) is 56.7 Å². The fraction of sp³-hybridized carbons (Fsp3) is 0.636. The summed E-state index contributed by atoms with van der Waals surface area (Å²) >= 11 is 0. The summed E-state index contributed by atoms with van der Waals surface area (Å²) in [5.74, 6) is 0.111. The van der Waals surface area contributed by atoms with Crippen LogP contribution in [0.25, 0.3) is 0 Å². The van der Waals surface area contributed by atoms with Gasteiger partial charge in [0.05, 0.1) is 0 Å². The summed E-state index contributed by atoms with van der Waals surface area (Å²) in [5.41, 5.74) is -0.252. The van der Waals surface area contributed by atoms with E-state index in [0.29, 0.717) is 38.2 Å². The predicted octanol–water partition coefficient (Wildman–Crippen LogP) is 1.73. The van der Waals surface area contributed by atoms with Crippen molar-refractivity contribution in [2.24, 2.45) is 5.92 Å². The molecule has 1 aromatic heterocycles. The number of piperidine rings is 2. The molecule has 1 N–H and O–H groups in total. The van der Waals surface area contributed by atoms with Crippen molar-refractivity contribution in [2.75, 3.05) is 39.3 Å². The molecule has 0 radical (unpaired) electrons. The number of imide groups is 1. The number of rotatable bonds is 5. The summed E-state index contributed by atoms with van der Waals surface area (Å²) in [4.78, 5) is 48.1. The molecular weight excluding hydrogens is 382 g/mol. The lowest BCUT2D eigenvalue weighted by atomic mass is 9.87. The topological polar surface area (TPSA) is 85.8 Å². The van der Waals surface area contributed by atoms with E-state index in [4.69, 9.17) is 0 Å². The zero-order valence-corrected chi connectivity index (χ0v) is 17.7. The van der Waals surface area contributed by atoms with Crippen LogP contribution in [0.1, 0.15) is 49.5 Å². The Morgan fingerprint density at radius 2 is 1.90 bits per heavy atom. The second-order valence-corrected chi connectivity index (χ2v) is 8.72. The quantitative estimate of drug-likeness (QED) is 0.743. The van der Waals surface area contributed by atoms with Gasteiger partial charge in [-0.2, -0.15) is 0 Å². The molecule has 3 aliphatic heterocycles. The van der Waals surface area contributed by atoms with Crippen LogP contribution in [0, 0.1) is 5.92 Å². The minimum Gasteiger partial charge on any atom is -0.337 e. The van der Waals surface area contributed by atoms with E-state index < -0.39 is 5.54 Å². The Morgan fingerprint density at radius 3 is 2.53 bits per heavy atom. The average molecular weight is 414 g/mol. The van der Waals surface area contributed by atoms with Gasteiger partial charge in [0.25, 0.3) is 11.8 Å². The molecule has 8 heteroatoms. The van der Waals surface area contributed by atoms with E-state index in [0.717, 1.165) is 38.9 Å². The Balaban J connectivity index is 1.31. The van der Waals surface area contributed by atoms with Crippen LogP contribution in [0.4, 0.5) is 4.79 Å². The third-order valence-corrected chi connectivity index (χ3v) is 6.72. The minimum absolute atomic E-state index is 0.0539.